The predicted octanol–water partition coefficient (Wildman–Crippen LogP) is 2.62. The molecular formula is C15H22N4O. The molecule has 1 aliphatic rings. The van der Waals surface area contributed by atoms with E-state index in [-0.39, 0.29) is 0 Å². The Hall–Kier alpha value is -1.62. The summed E-state index contributed by atoms with van der Waals surface area (Å²) in [5.74, 6) is 0.980. The number of piperidine rings is 1. The van der Waals surface area contributed by atoms with Gasteiger partial charge in [-0.1, -0.05) is 11.6 Å². The minimum absolute atomic E-state index is 0.623. The monoisotopic (exact) mass is 274 g/mol. The summed E-state index contributed by atoms with van der Waals surface area (Å²) in [7, 11) is 0. The van der Waals surface area contributed by atoms with E-state index in [0.29, 0.717) is 6.04 Å². The Morgan fingerprint density at radius 1 is 1.40 bits per heavy atom. The highest BCUT2D eigenvalue weighted by Crippen LogP contribution is 2.22. The maximum atomic E-state index is 5.36. The van der Waals surface area contributed by atoms with Crippen molar-refractivity contribution in [2.45, 2.75) is 51.7 Å². The molecule has 0 saturated carbocycles. The zero-order valence-corrected chi connectivity index (χ0v) is 12.0. The Bertz CT molecular complexity index is 520. The highest BCUT2D eigenvalue weighted by atomic mass is 16.5. The normalized spacial score (nSPS) is 20.4. The lowest BCUT2D eigenvalue weighted by molar-refractivity contribution is 0.115. The molecule has 2 aromatic heterocycles. The lowest BCUT2D eigenvalue weighted by Gasteiger charge is -2.35. The molecule has 1 saturated heterocycles. The number of aryl methyl sites for hydroxylation is 2. The molecule has 0 unspecified atom stereocenters. The number of hydrogen-bond donors (Lipinski definition) is 0. The van der Waals surface area contributed by atoms with E-state index in [0.717, 1.165) is 37.5 Å². The molecule has 1 aliphatic heterocycles. The first kappa shape index (κ1) is 13.4. The van der Waals surface area contributed by atoms with Crippen molar-refractivity contribution in [2.24, 2.45) is 0 Å². The van der Waals surface area contributed by atoms with Crippen molar-refractivity contribution in [3.63, 3.8) is 0 Å². The van der Waals surface area contributed by atoms with Crippen LogP contribution in [0.1, 0.15) is 37.1 Å². The van der Waals surface area contributed by atoms with E-state index < -0.39 is 0 Å². The Kier molecular flexibility index (Phi) is 4.16. The lowest BCUT2D eigenvalue weighted by Crippen LogP contribution is -2.39. The molecule has 3 heterocycles. The van der Waals surface area contributed by atoms with Crippen molar-refractivity contribution >= 4 is 0 Å². The maximum absolute atomic E-state index is 5.36. The van der Waals surface area contributed by atoms with Crippen LogP contribution in [-0.2, 0) is 13.1 Å². The number of rotatable bonds is 5. The van der Waals surface area contributed by atoms with Crippen molar-refractivity contribution in [1.82, 2.24) is 19.8 Å². The minimum atomic E-state index is 0.623. The van der Waals surface area contributed by atoms with Crippen LogP contribution < -0.4 is 0 Å². The highest BCUT2D eigenvalue weighted by Gasteiger charge is 2.23. The van der Waals surface area contributed by atoms with Gasteiger partial charge in [0.25, 0.3) is 0 Å². The van der Waals surface area contributed by atoms with Gasteiger partial charge >= 0.3 is 0 Å². The van der Waals surface area contributed by atoms with Crippen molar-refractivity contribution in [3.8, 4) is 0 Å². The molecule has 2 aromatic rings. The van der Waals surface area contributed by atoms with Gasteiger partial charge in [0.15, 0.2) is 5.76 Å². The van der Waals surface area contributed by atoms with E-state index in [2.05, 4.69) is 15.2 Å². The molecule has 5 nitrogen and oxygen atoms in total. The largest absolute Gasteiger partial charge is 0.360 e. The molecular weight excluding hydrogens is 252 g/mol. The summed E-state index contributed by atoms with van der Waals surface area (Å²) in [4.78, 5) is 2.53. The van der Waals surface area contributed by atoms with Gasteiger partial charge in [0.05, 0.1) is 12.2 Å². The van der Waals surface area contributed by atoms with Gasteiger partial charge in [-0.15, -0.1) is 0 Å². The van der Waals surface area contributed by atoms with E-state index >= 15 is 0 Å². The van der Waals surface area contributed by atoms with Crippen molar-refractivity contribution in [1.29, 1.82) is 0 Å². The number of likely N-dealkylation sites (tertiary alicyclic amines) is 1. The van der Waals surface area contributed by atoms with Crippen molar-refractivity contribution in [3.05, 3.63) is 36.0 Å². The first-order chi connectivity index (χ1) is 9.81. The standard InChI is InChI=1S/C15H22N4O/c1-13-11-15(20-17-13)12-18-8-3-2-5-14(18)6-10-19-9-4-7-16-19/h4,7,9,11,14H,2-3,5-6,8,10,12H2,1H3/t14-/m1/s1. The molecule has 0 N–H and O–H groups in total. The van der Waals surface area contributed by atoms with Gasteiger partial charge in [0, 0.05) is 31.0 Å². The predicted molar refractivity (Wildman–Crippen MR) is 76.1 cm³/mol. The molecule has 0 amide bonds. The van der Waals surface area contributed by atoms with Crippen molar-refractivity contribution < 1.29 is 4.52 Å². The first-order valence-electron chi connectivity index (χ1n) is 7.45. The van der Waals surface area contributed by atoms with Crippen LogP contribution in [0.2, 0.25) is 0 Å². The summed E-state index contributed by atoms with van der Waals surface area (Å²) >= 11 is 0. The fraction of sp³-hybridized carbons (Fsp3) is 0.600. The van der Waals surface area contributed by atoms with E-state index in [9.17, 15) is 0 Å². The zero-order valence-electron chi connectivity index (χ0n) is 12.0. The second-order valence-corrected chi connectivity index (χ2v) is 5.61. The second kappa shape index (κ2) is 6.22. The summed E-state index contributed by atoms with van der Waals surface area (Å²) in [6, 6.07) is 4.65. The van der Waals surface area contributed by atoms with Crippen LogP contribution in [0.15, 0.2) is 29.0 Å². The highest BCUT2D eigenvalue weighted by molar-refractivity contribution is 5.03. The molecule has 0 spiro atoms. The summed E-state index contributed by atoms with van der Waals surface area (Å²) in [5, 5.41) is 8.26. The molecule has 0 radical (unpaired) electrons. The van der Waals surface area contributed by atoms with Gasteiger partial charge in [-0.05, 0) is 38.8 Å². The smallest absolute Gasteiger partial charge is 0.150 e. The summed E-state index contributed by atoms with van der Waals surface area (Å²) in [6.45, 7) is 5.00. The molecule has 0 aromatic carbocycles. The SMILES string of the molecule is Cc1cc(CN2CCCC[C@@H]2CCn2cccn2)on1. The van der Waals surface area contributed by atoms with Gasteiger partial charge in [0.2, 0.25) is 0 Å². The number of hydrogen-bond acceptors (Lipinski definition) is 4. The Labute approximate surface area is 119 Å². The molecule has 3 rings (SSSR count). The fourth-order valence-corrected chi connectivity index (χ4v) is 3.00. The van der Waals surface area contributed by atoms with Crippen LogP contribution in [0.4, 0.5) is 0 Å². The zero-order chi connectivity index (χ0) is 13.8. The molecule has 5 heteroatoms. The van der Waals surface area contributed by atoms with Crippen LogP contribution in [0.3, 0.4) is 0 Å². The first-order valence-corrected chi connectivity index (χ1v) is 7.45. The average molecular weight is 274 g/mol. The second-order valence-electron chi connectivity index (χ2n) is 5.61. The average Bonchev–Trinajstić information content (AvgIpc) is 3.10. The van der Waals surface area contributed by atoms with E-state index in [4.69, 9.17) is 4.52 Å². The van der Waals surface area contributed by atoms with Gasteiger partial charge in [-0.25, -0.2) is 0 Å². The van der Waals surface area contributed by atoms with Crippen molar-refractivity contribution in [2.75, 3.05) is 6.54 Å². The van der Waals surface area contributed by atoms with Gasteiger partial charge < -0.3 is 4.52 Å². The number of aromatic nitrogens is 3. The lowest BCUT2D eigenvalue weighted by atomic mass is 9.99. The topological polar surface area (TPSA) is 47.1 Å². The van der Waals surface area contributed by atoms with Crippen LogP contribution in [-0.4, -0.2) is 32.4 Å². The van der Waals surface area contributed by atoms with E-state index in [1.807, 2.05) is 36.1 Å². The third-order valence-electron chi connectivity index (χ3n) is 4.04. The number of nitrogens with zero attached hydrogens (tertiary/aromatic N) is 4. The summed E-state index contributed by atoms with van der Waals surface area (Å²) in [5.41, 5.74) is 0.963. The molecule has 20 heavy (non-hydrogen) atoms. The van der Waals surface area contributed by atoms with Crippen LogP contribution in [0, 0.1) is 6.92 Å². The van der Waals surface area contributed by atoms with Crippen LogP contribution in [0.5, 0.6) is 0 Å². The summed E-state index contributed by atoms with van der Waals surface area (Å²) in [6.07, 6.45) is 8.91. The Morgan fingerprint density at radius 3 is 3.10 bits per heavy atom. The maximum Gasteiger partial charge on any atom is 0.150 e. The van der Waals surface area contributed by atoms with Crippen LogP contribution >= 0.6 is 0 Å². The third kappa shape index (κ3) is 3.28. The molecule has 0 bridgehead atoms. The quantitative estimate of drug-likeness (QED) is 0.841. The fourth-order valence-electron chi connectivity index (χ4n) is 3.00. The minimum Gasteiger partial charge on any atom is -0.360 e. The summed E-state index contributed by atoms with van der Waals surface area (Å²) < 4.78 is 7.38. The van der Waals surface area contributed by atoms with Gasteiger partial charge in [-0.3, -0.25) is 9.58 Å². The van der Waals surface area contributed by atoms with Crippen LogP contribution in [0.25, 0.3) is 0 Å². The van der Waals surface area contributed by atoms with E-state index in [1.165, 1.54) is 19.3 Å². The molecule has 1 atom stereocenters. The van der Waals surface area contributed by atoms with Gasteiger partial charge in [0.1, 0.15) is 0 Å². The third-order valence-corrected chi connectivity index (χ3v) is 4.04. The van der Waals surface area contributed by atoms with Gasteiger partial charge in [-0.2, -0.15) is 5.10 Å². The Morgan fingerprint density at radius 2 is 2.35 bits per heavy atom. The van der Waals surface area contributed by atoms with E-state index in [1.54, 1.807) is 0 Å². The molecule has 0 aliphatic carbocycles. The Balaban J connectivity index is 1.58. The molecule has 108 valence electrons. The molecule has 1 fully saturated rings.